The average Bonchev–Trinajstić information content (AvgIpc) is 2.95. The van der Waals surface area contributed by atoms with Gasteiger partial charge in [0.1, 0.15) is 0 Å². The van der Waals surface area contributed by atoms with Crippen LogP contribution in [0.3, 0.4) is 0 Å². The number of benzene rings is 7. The summed E-state index contributed by atoms with van der Waals surface area (Å²) in [5.41, 5.74) is 11.0. The van der Waals surface area contributed by atoms with E-state index >= 15 is 0 Å². The molecule has 198 valence electrons. The van der Waals surface area contributed by atoms with Crippen LogP contribution < -0.4 is 0 Å². The molecule has 7 aromatic rings. The second-order valence-corrected chi connectivity index (χ2v) is 11.8. The molecule has 7 aromatic carbocycles. The lowest BCUT2D eigenvalue weighted by atomic mass is 9.88. The molecule has 0 saturated heterocycles. The topological polar surface area (TPSA) is 0 Å². The molecule has 0 heteroatoms. The molecule has 0 unspecified atom stereocenters. The molecule has 0 N–H and O–H groups in total. The van der Waals surface area contributed by atoms with E-state index in [0.29, 0.717) is 0 Å². The first-order chi connectivity index (χ1) is 19.2. The minimum Gasteiger partial charge on any atom is -0.0616 e. The summed E-state index contributed by atoms with van der Waals surface area (Å²) < 4.78 is 0. The highest BCUT2D eigenvalue weighted by molar-refractivity contribution is 6.26. The van der Waals surface area contributed by atoms with E-state index in [1.165, 1.54) is 98.4 Å². The Kier molecular flexibility index (Phi) is 6.38. The highest BCUT2D eigenvalue weighted by Gasteiger charge is 2.13. The summed E-state index contributed by atoms with van der Waals surface area (Å²) >= 11 is 0. The van der Waals surface area contributed by atoms with Crippen molar-refractivity contribution in [3.63, 3.8) is 0 Å². The average molecular weight is 519 g/mol. The van der Waals surface area contributed by atoms with Gasteiger partial charge in [-0.05, 0) is 143 Å². The van der Waals surface area contributed by atoms with Crippen molar-refractivity contribution >= 4 is 53.9 Å². The molecule has 0 nitrogen and oxygen atoms in total. The quantitative estimate of drug-likeness (QED) is 0.175. The maximum Gasteiger partial charge on any atom is -0.00668 e. The van der Waals surface area contributed by atoms with Crippen LogP contribution in [0.5, 0.6) is 0 Å². The van der Waals surface area contributed by atoms with Gasteiger partial charge < -0.3 is 0 Å². The number of rotatable bonds is 0. The van der Waals surface area contributed by atoms with Gasteiger partial charge >= 0.3 is 0 Å². The molecule has 0 aliphatic rings. The summed E-state index contributed by atoms with van der Waals surface area (Å²) in [6.45, 7) is 17.7. The Bertz CT molecular complexity index is 2120. The van der Waals surface area contributed by atoms with Crippen LogP contribution in [-0.4, -0.2) is 0 Å². The third kappa shape index (κ3) is 4.14. The van der Waals surface area contributed by atoms with Gasteiger partial charge in [-0.3, -0.25) is 0 Å². The van der Waals surface area contributed by atoms with Crippen molar-refractivity contribution < 1.29 is 0 Å². The van der Waals surface area contributed by atoms with Crippen molar-refractivity contribution in [1.82, 2.24) is 0 Å². The smallest absolute Gasteiger partial charge is 0.00668 e. The van der Waals surface area contributed by atoms with Crippen LogP contribution >= 0.6 is 0 Å². The van der Waals surface area contributed by atoms with Crippen LogP contribution in [0.4, 0.5) is 0 Å². The first-order valence-corrected chi connectivity index (χ1v) is 14.4. The largest absolute Gasteiger partial charge is 0.0616 e. The standard InChI is InChI=1S/C22H20.C18H18/c1-13-9-10-18-17-7-5-6-8-19(17)22-16(4)15(3)14(2)12-21(22)20(18)11-13;1-11-5-6-15-7-8-16-14(4)13(3)12(2)10-18(16)17(15)9-11/h5-12H,1-4H3;5-10H,1-4H3. The zero-order valence-corrected chi connectivity index (χ0v) is 25.1. The minimum absolute atomic E-state index is 1.32. The van der Waals surface area contributed by atoms with E-state index in [1.54, 1.807) is 0 Å². The Morgan fingerprint density at radius 3 is 1.55 bits per heavy atom. The summed E-state index contributed by atoms with van der Waals surface area (Å²) in [7, 11) is 0. The fraction of sp³-hybridized carbons (Fsp3) is 0.200. The molecular weight excluding hydrogens is 480 g/mol. The monoisotopic (exact) mass is 518 g/mol. The molecule has 0 aliphatic heterocycles. The molecule has 0 fully saturated rings. The summed E-state index contributed by atoms with van der Waals surface area (Å²) in [5, 5.41) is 13.7. The lowest BCUT2D eigenvalue weighted by Gasteiger charge is -2.16. The van der Waals surface area contributed by atoms with Crippen molar-refractivity contribution in [2.75, 3.05) is 0 Å². The lowest BCUT2D eigenvalue weighted by Crippen LogP contribution is -1.92. The number of hydrogen-bond donors (Lipinski definition) is 0. The Labute approximate surface area is 238 Å². The van der Waals surface area contributed by atoms with Gasteiger partial charge in [-0.15, -0.1) is 0 Å². The maximum absolute atomic E-state index is 2.37. The fourth-order valence-electron chi connectivity index (χ4n) is 6.46. The second kappa shape index (κ2) is 9.79. The van der Waals surface area contributed by atoms with Gasteiger partial charge in [0.25, 0.3) is 0 Å². The summed E-state index contributed by atoms with van der Waals surface area (Å²) in [4.78, 5) is 0. The maximum atomic E-state index is 2.37. The van der Waals surface area contributed by atoms with Crippen molar-refractivity contribution in [3.8, 4) is 0 Å². The van der Waals surface area contributed by atoms with E-state index in [2.05, 4.69) is 140 Å². The van der Waals surface area contributed by atoms with E-state index in [9.17, 15) is 0 Å². The number of fused-ring (bicyclic) bond motifs is 9. The third-order valence-electron chi connectivity index (χ3n) is 9.25. The molecule has 0 bridgehead atoms. The number of hydrogen-bond acceptors (Lipinski definition) is 0. The lowest BCUT2D eigenvalue weighted by molar-refractivity contribution is 1.30. The van der Waals surface area contributed by atoms with Crippen LogP contribution in [0.15, 0.2) is 84.9 Å². The molecule has 40 heavy (non-hydrogen) atoms. The second-order valence-electron chi connectivity index (χ2n) is 11.8. The highest BCUT2D eigenvalue weighted by atomic mass is 14.2. The van der Waals surface area contributed by atoms with E-state index in [1.807, 2.05) is 0 Å². The van der Waals surface area contributed by atoms with Gasteiger partial charge in [-0.25, -0.2) is 0 Å². The van der Waals surface area contributed by atoms with Crippen LogP contribution in [0.1, 0.15) is 44.5 Å². The molecule has 0 saturated carbocycles. The Morgan fingerprint density at radius 1 is 0.325 bits per heavy atom. The first kappa shape index (κ1) is 26.1. The SMILES string of the molecule is Cc1ccc2c3ccccc3c3c(C)c(C)c(C)cc3c2c1.Cc1ccc2ccc3c(C)c(C)c(C)cc3c2c1. The molecule has 7 rings (SSSR count). The Hall–Kier alpha value is -4.16. The molecule has 0 amide bonds. The van der Waals surface area contributed by atoms with Crippen molar-refractivity contribution in [1.29, 1.82) is 0 Å². The summed E-state index contributed by atoms with van der Waals surface area (Å²) in [6.07, 6.45) is 0. The van der Waals surface area contributed by atoms with Crippen molar-refractivity contribution in [3.05, 3.63) is 129 Å². The first-order valence-electron chi connectivity index (χ1n) is 14.4. The molecule has 0 aromatic heterocycles. The van der Waals surface area contributed by atoms with Crippen LogP contribution in [0.2, 0.25) is 0 Å². The number of aryl methyl sites for hydroxylation is 6. The van der Waals surface area contributed by atoms with E-state index in [-0.39, 0.29) is 0 Å². The van der Waals surface area contributed by atoms with Gasteiger partial charge in [-0.1, -0.05) is 96.1 Å². The van der Waals surface area contributed by atoms with Crippen molar-refractivity contribution in [2.24, 2.45) is 0 Å². The van der Waals surface area contributed by atoms with Crippen LogP contribution in [0.25, 0.3) is 53.9 Å². The van der Waals surface area contributed by atoms with Gasteiger partial charge in [0.15, 0.2) is 0 Å². The van der Waals surface area contributed by atoms with Gasteiger partial charge in [-0.2, -0.15) is 0 Å². The zero-order chi connectivity index (χ0) is 28.3. The molecule has 0 atom stereocenters. The predicted molar refractivity (Wildman–Crippen MR) is 178 cm³/mol. The normalized spacial score (nSPS) is 11.5. The van der Waals surface area contributed by atoms with E-state index in [0.717, 1.165) is 0 Å². The van der Waals surface area contributed by atoms with Crippen LogP contribution in [-0.2, 0) is 0 Å². The molecular formula is C40H38. The molecule has 0 spiro atoms. The van der Waals surface area contributed by atoms with Crippen LogP contribution in [0, 0.1) is 55.4 Å². The zero-order valence-electron chi connectivity index (χ0n) is 25.1. The van der Waals surface area contributed by atoms with E-state index in [4.69, 9.17) is 0 Å². The molecule has 0 radical (unpaired) electrons. The highest BCUT2D eigenvalue weighted by Crippen LogP contribution is 2.39. The van der Waals surface area contributed by atoms with Gasteiger partial charge in [0.2, 0.25) is 0 Å². The fourth-order valence-corrected chi connectivity index (χ4v) is 6.46. The Morgan fingerprint density at radius 2 is 0.825 bits per heavy atom. The molecule has 0 aliphatic carbocycles. The van der Waals surface area contributed by atoms with Gasteiger partial charge in [0, 0.05) is 0 Å². The summed E-state index contributed by atoms with van der Waals surface area (Å²) in [6, 6.07) is 31.5. The Balaban J connectivity index is 0.000000148. The predicted octanol–water partition coefficient (Wildman–Crippen LogP) is 11.6. The van der Waals surface area contributed by atoms with Gasteiger partial charge in [0.05, 0.1) is 0 Å². The minimum atomic E-state index is 1.32. The van der Waals surface area contributed by atoms with E-state index < -0.39 is 0 Å². The molecule has 0 heterocycles. The van der Waals surface area contributed by atoms with Crippen molar-refractivity contribution in [2.45, 2.75) is 55.4 Å². The third-order valence-corrected chi connectivity index (χ3v) is 9.25. The summed E-state index contributed by atoms with van der Waals surface area (Å²) in [5.74, 6) is 0.